The van der Waals surface area contributed by atoms with Crippen LogP contribution in [-0.2, 0) is 0 Å². The maximum absolute atomic E-state index is 13.4. The Morgan fingerprint density at radius 1 is 1.00 bits per heavy atom. The number of phenols is 3. The molecule has 1 heterocycles. The van der Waals surface area contributed by atoms with Crippen molar-refractivity contribution < 1.29 is 20.1 Å². The van der Waals surface area contributed by atoms with E-state index in [1.54, 1.807) is 17.0 Å². The Labute approximate surface area is 202 Å². The van der Waals surface area contributed by atoms with Gasteiger partial charge in [-0.3, -0.25) is 4.79 Å². The number of carbonyl (C=O) groups excluding carboxylic acids is 1. The van der Waals surface area contributed by atoms with Gasteiger partial charge in [-0.05, 0) is 70.9 Å². The molecule has 1 atom stereocenters. The number of amides is 1. The molecule has 1 amide bonds. The van der Waals surface area contributed by atoms with Crippen LogP contribution < -0.4 is 10.2 Å². The topological polar surface area (TPSA) is 93.0 Å². The predicted molar refractivity (Wildman–Crippen MR) is 138 cm³/mol. The fraction of sp³-hybridized carbons (Fsp3) is 0.393. The van der Waals surface area contributed by atoms with Crippen LogP contribution >= 0.6 is 0 Å². The average Bonchev–Trinajstić information content (AvgIpc) is 2.87. The summed E-state index contributed by atoms with van der Waals surface area (Å²) in [5, 5.41) is 33.9. The number of allylic oxidation sites excluding steroid dienone is 4. The summed E-state index contributed by atoms with van der Waals surface area (Å²) in [5.74, 6) is -0.307. The number of rotatable bonds is 9. The Kier molecular flexibility index (Phi) is 8.26. The lowest BCUT2D eigenvalue weighted by atomic mass is 9.99. The Morgan fingerprint density at radius 3 is 2.50 bits per heavy atom. The zero-order chi connectivity index (χ0) is 24.8. The molecule has 1 aliphatic rings. The van der Waals surface area contributed by atoms with Crippen LogP contribution in [0.5, 0.6) is 17.2 Å². The van der Waals surface area contributed by atoms with Gasteiger partial charge in [-0.1, -0.05) is 36.3 Å². The molecule has 1 unspecified atom stereocenters. The number of para-hydroxylation sites is 1. The lowest BCUT2D eigenvalue weighted by molar-refractivity contribution is 0.0986. The fourth-order valence-corrected chi connectivity index (χ4v) is 4.19. The van der Waals surface area contributed by atoms with Crippen molar-refractivity contribution in [3.8, 4) is 17.2 Å². The fourth-order valence-electron chi connectivity index (χ4n) is 4.19. The van der Waals surface area contributed by atoms with Crippen molar-refractivity contribution in [3.05, 3.63) is 59.2 Å². The predicted octanol–water partition coefficient (Wildman–Crippen LogP) is 7.01. The molecule has 1 aliphatic heterocycles. The largest absolute Gasteiger partial charge is 0.508 e. The molecule has 4 N–H and O–H groups in total. The molecule has 0 fully saturated rings. The molecule has 34 heavy (non-hydrogen) atoms. The van der Waals surface area contributed by atoms with Crippen molar-refractivity contribution in [2.24, 2.45) is 5.92 Å². The van der Waals surface area contributed by atoms with Crippen LogP contribution in [0, 0.1) is 5.92 Å². The van der Waals surface area contributed by atoms with E-state index < -0.39 is 0 Å². The number of phenolic OH excluding ortho intramolecular Hbond substituents is 3. The van der Waals surface area contributed by atoms with Gasteiger partial charge in [0, 0.05) is 18.7 Å². The molecule has 6 nitrogen and oxygen atoms in total. The second kappa shape index (κ2) is 11.1. The van der Waals surface area contributed by atoms with Crippen LogP contribution in [0.2, 0.25) is 0 Å². The number of nitrogens with zero attached hydrogens (tertiary/aromatic N) is 1. The van der Waals surface area contributed by atoms with Crippen LogP contribution in [0.4, 0.5) is 17.1 Å². The van der Waals surface area contributed by atoms with E-state index in [0.29, 0.717) is 23.7 Å². The minimum atomic E-state index is -0.288. The SMILES string of the molecule is CC(C)=CCCC(C)=CCCC(C)CCN1C(=O)c2cccc(O)c2Nc2c(O)cc(O)cc21. The zero-order valence-electron chi connectivity index (χ0n) is 20.6. The molecule has 0 aliphatic carbocycles. The maximum atomic E-state index is 13.4. The summed E-state index contributed by atoms with van der Waals surface area (Å²) in [6.07, 6.45) is 9.48. The van der Waals surface area contributed by atoms with E-state index in [2.05, 4.69) is 45.2 Å². The number of fused-ring (bicyclic) bond motifs is 2. The summed E-state index contributed by atoms with van der Waals surface area (Å²) in [6, 6.07) is 7.43. The van der Waals surface area contributed by atoms with Gasteiger partial charge in [0.2, 0.25) is 0 Å². The van der Waals surface area contributed by atoms with E-state index >= 15 is 0 Å². The summed E-state index contributed by atoms with van der Waals surface area (Å²) in [6.45, 7) is 9.02. The smallest absolute Gasteiger partial charge is 0.260 e. The summed E-state index contributed by atoms with van der Waals surface area (Å²) in [5.41, 5.74) is 3.99. The van der Waals surface area contributed by atoms with Gasteiger partial charge in [-0.25, -0.2) is 0 Å². The third-order valence-electron chi connectivity index (χ3n) is 6.23. The van der Waals surface area contributed by atoms with E-state index in [1.165, 1.54) is 29.3 Å². The molecule has 182 valence electrons. The van der Waals surface area contributed by atoms with E-state index in [1.807, 2.05) is 0 Å². The summed E-state index contributed by atoms with van der Waals surface area (Å²) >= 11 is 0. The van der Waals surface area contributed by atoms with Crippen molar-refractivity contribution in [2.75, 3.05) is 16.8 Å². The lowest BCUT2D eigenvalue weighted by Gasteiger charge is -2.25. The monoisotopic (exact) mass is 464 g/mol. The van der Waals surface area contributed by atoms with Gasteiger partial charge in [-0.15, -0.1) is 0 Å². The van der Waals surface area contributed by atoms with Crippen molar-refractivity contribution in [1.29, 1.82) is 0 Å². The summed E-state index contributed by atoms with van der Waals surface area (Å²) < 4.78 is 0. The first-order valence-electron chi connectivity index (χ1n) is 11.9. The molecular weight excluding hydrogens is 428 g/mol. The van der Waals surface area contributed by atoms with Crippen LogP contribution in [-0.4, -0.2) is 27.8 Å². The standard InChI is InChI=1S/C28H36N2O4/c1-18(2)8-5-9-19(3)10-6-11-20(4)14-15-30-23-16-21(31)17-25(33)27(23)29-26-22(28(30)34)12-7-13-24(26)32/h7-8,10,12-13,16-17,20,29,31-33H,5-6,9,11,14-15H2,1-4H3. The van der Waals surface area contributed by atoms with Crippen LogP contribution in [0.25, 0.3) is 0 Å². The molecule has 0 saturated heterocycles. The van der Waals surface area contributed by atoms with Crippen LogP contribution in [0.3, 0.4) is 0 Å². The summed E-state index contributed by atoms with van der Waals surface area (Å²) in [7, 11) is 0. The first-order chi connectivity index (χ1) is 16.2. The second-order valence-electron chi connectivity index (χ2n) is 9.48. The molecule has 0 bridgehead atoms. The van der Waals surface area contributed by atoms with E-state index in [-0.39, 0.29) is 34.5 Å². The molecule has 6 heteroatoms. The highest BCUT2D eigenvalue weighted by Crippen LogP contribution is 2.45. The van der Waals surface area contributed by atoms with Crippen molar-refractivity contribution in [3.63, 3.8) is 0 Å². The Morgan fingerprint density at radius 2 is 1.76 bits per heavy atom. The van der Waals surface area contributed by atoms with Gasteiger partial charge in [0.25, 0.3) is 5.91 Å². The normalized spacial score (nSPS) is 14.1. The molecule has 2 aromatic rings. The number of aromatic hydroxyl groups is 3. The number of benzene rings is 2. The molecule has 0 aromatic heterocycles. The number of nitrogens with one attached hydrogen (secondary N) is 1. The minimum Gasteiger partial charge on any atom is -0.508 e. The van der Waals surface area contributed by atoms with Gasteiger partial charge < -0.3 is 25.5 Å². The second-order valence-corrected chi connectivity index (χ2v) is 9.48. The number of hydrogen-bond donors (Lipinski definition) is 4. The molecule has 2 aromatic carbocycles. The molecule has 3 rings (SSSR count). The highest BCUT2D eigenvalue weighted by atomic mass is 16.3. The lowest BCUT2D eigenvalue weighted by Crippen LogP contribution is -2.32. The van der Waals surface area contributed by atoms with Gasteiger partial charge >= 0.3 is 0 Å². The van der Waals surface area contributed by atoms with Crippen LogP contribution in [0.15, 0.2) is 53.6 Å². The number of hydrogen-bond acceptors (Lipinski definition) is 5. The van der Waals surface area contributed by atoms with E-state index in [4.69, 9.17) is 0 Å². The number of carbonyl (C=O) groups is 1. The van der Waals surface area contributed by atoms with Gasteiger partial charge in [0.1, 0.15) is 22.9 Å². The number of anilines is 3. The minimum absolute atomic E-state index is 0.0776. The highest BCUT2D eigenvalue weighted by molar-refractivity contribution is 6.15. The first kappa shape index (κ1) is 25.2. The molecule has 0 saturated carbocycles. The van der Waals surface area contributed by atoms with Gasteiger partial charge in [0.15, 0.2) is 0 Å². The van der Waals surface area contributed by atoms with Crippen molar-refractivity contribution >= 4 is 23.0 Å². The molecule has 0 radical (unpaired) electrons. The summed E-state index contributed by atoms with van der Waals surface area (Å²) in [4.78, 5) is 15.0. The Bertz CT molecular complexity index is 1100. The van der Waals surface area contributed by atoms with Gasteiger partial charge in [0.05, 0.1) is 16.9 Å². The Balaban J connectivity index is 1.72. The van der Waals surface area contributed by atoms with Crippen molar-refractivity contribution in [2.45, 2.75) is 59.8 Å². The molecular formula is C28H36N2O4. The first-order valence-corrected chi connectivity index (χ1v) is 11.9. The third kappa shape index (κ3) is 6.13. The Hall–Kier alpha value is -3.41. The van der Waals surface area contributed by atoms with Gasteiger partial charge in [-0.2, -0.15) is 0 Å². The quantitative estimate of drug-likeness (QED) is 0.182. The van der Waals surface area contributed by atoms with Crippen molar-refractivity contribution in [1.82, 2.24) is 0 Å². The maximum Gasteiger partial charge on any atom is 0.260 e. The van der Waals surface area contributed by atoms with Crippen LogP contribution in [0.1, 0.15) is 70.2 Å². The highest BCUT2D eigenvalue weighted by Gasteiger charge is 2.30. The third-order valence-corrected chi connectivity index (χ3v) is 6.23. The molecule has 0 spiro atoms. The van der Waals surface area contributed by atoms with E-state index in [9.17, 15) is 20.1 Å². The average molecular weight is 465 g/mol. The van der Waals surface area contributed by atoms with E-state index in [0.717, 1.165) is 32.1 Å². The zero-order valence-corrected chi connectivity index (χ0v) is 20.6.